The lowest BCUT2D eigenvalue weighted by molar-refractivity contribution is 0.0991. The van der Waals surface area contributed by atoms with E-state index in [9.17, 15) is 4.79 Å². The molecule has 1 amide bonds. The summed E-state index contributed by atoms with van der Waals surface area (Å²) in [5.41, 5.74) is 1.03. The van der Waals surface area contributed by atoms with Crippen molar-refractivity contribution in [3.63, 3.8) is 0 Å². The maximum Gasteiger partial charge on any atom is 0.313 e. The van der Waals surface area contributed by atoms with E-state index in [2.05, 4.69) is 15.5 Å². The van der Waals surface area contributed by atoms with Gasteiger partial charge in [0.25, 0.3) is 0 Å². The van der Waals surface area contributed by atoms with Crippen LogP contribution in [0.25, 0.3) is 11.5 Å². The van der Waals surface area contributed by atoms with E-state index >= 15 is 0 Å². The molecule has 0 aliphatic carbocycles. The Morgan fingerprint density at radius 3 is 2.58 bits per heavy atom. The summed E-state index contributed by atoms with van der Waals surface area (Å²) in [7, 11) is 1.57. The number of amides is 1. The summed E-state index contributed by atoms with van der Waals surface area (Å²) in [5, 5.41) is 11.0. The van der Waals surface area contributed by atoms with Crippen LogP contribution in [0.5, 0.6) is 5.75 Å². The number of nitrogens with one attached hydrogen (secondary N) is 1. The smallest absolute Gasteiger partial charge is 0.313 e. The first-order valence-corrected chi connectivity index (χ1v) is 7.57. The molecule has 0 saturated heterocycles. The molecule has 0 aliphatic heterocycles. The fourth-order valence-corrected chi connectivity index (χ4v) is 2.27. The summed E-state index contributed by atoms with van der Waals surface area (Å²) >= 11 is 11.9. The van der Waals surface area contributed by atoms with Gasteiger partial charge in [-0.15, -0.1) is 10.2 Å². The Kier molecular flexibility index (Phi) is 4.69. The molecule has 2 aromatic carbocycles. The van der Waals surface area contributed by atoms with Gasteiger partial charge < -0.3 is 14.5 Å². The monoisotopic (exact) mass is 363 g/mol. The number of hydrogen-bond acceptors (Lipinski definition) is 5. The van der Waals surface area contributed by atoms with Crippen molar-refractivity contribution in [2.75, 3.05) is 12.4 Å². The van der Waals surface area contributed by atoms with Gasteiger partial charge in [0.05, 0.1) is 17.8 Å². The van der Waals surface area contributed by atoms with E-state index < -0.39 is 5.91 Å². The molecule has 0 aliphatic rings. The molecule has 1 heterocycles. The number of benzene rings is 2. The average Bonchev–Trinajstić information content (AvgIpc) is 3.08. The van der Waals surface area contributed by atoms with Crippen molar-refractivity contribution in [1.29, 1.82) is 0 Å². The predicted molar refractivity (Wildman–Crippen MR) is 90.7 cm³/mol. The van der Waals surface area contributed by atoms with Crippen LogP contribution in [-0.4, -0.2) is 23.2 Å². The van der Waals surface area contributed by atoms with Gasteiger partial charge in [-0.1, -0.05) is 23.2 Å². The Morgan fingerprint density at radius 1 is 1.12 bits per heavy atom. The van der Waals surface area contributed by atoms with Crippen LogP contribution in [0.2, 0.25) is 10.0 Å². The van der Waals surface area contributed by atoms with Crippen LogP contribution in [-0.2, 0) is 0 Å². The SMILES string of the molecule is COc1ccc(-c2nnc(C(=O)Nc3cc(Cl)ccc3Cl)o2)cc1. The van der Waals surface area contributed by atoms with Gasteiger partial charge in [-0.05, 0) is 42.5 Å². The standard InChI is InChI=1S/C16H11Cl2N3O3/c1-23-11-5-2-9(3-6-11)15-20-21-16(24-15)14(22)19-13-8-10(17)4-7-12(13)18/h2-8H,1H3,(H,19,22). The van der Waals surface area contributed by atoms with Gasteiger partial charge >= 0.3 is 11.8 Å². The Balaban J connectivity index is 1.79. The molecule has 1 N–H and O–H groups in total. The molecule has 0 saturated carbocycles. The van der Waals surface area contributed by atoms with Crippen LogP contribution < -0.4 is 10.1 Å². The number of carbonyl (C=O) groups is 1. The summed E-state index contributed by atoms with van der Waals surface area (Å²) in [5.74, 6) is 0.162. The molecule has 3 aromatic rings. The molecule has 0 radical (unpaired) electrons. The van der Waals surface area contributed by atoms with Gasteiger partial charge in [-0.2, -0.15) is 0 Å². The highest BCUT2D eigenvalue weighted by Crippen LogP contribution is 2.26. The highest BCUT2D eigenvalue weighted by Gasteiger charge is 2.17. The van der Waals surface area contributed by atoms with Crippen molar-refractivity contribution in [2.45, 2.75) is 0 Å². The zero-order valence-electron chi connectivity index (χ0n) is 12.4. The molecule has 0 spiro atoms. The van der Waals surface area contributed by atoms with Gasteiger partial charge in [0.2, 0.25) is 5.89 Å². The number of methoxy groups -OCH3 is 1. The van der Waals surface area contributed by atoms with Gasteiger partial charge in [0.15, 0.2) is 0 Å². The average molecular weight is 364 g/mol. The number of anilines is 1. The number of rotatable bonds is 4. The third-order valence-corrected chi connectivity index (χ3v) is 3.70. The minimum atomic E-state index is -0.577. The first-order valence-electron chi connectivity index (χ1n) is 6.81. The summed E-state index contributed by atoms with van der Waals surface area (Å²) in [6.07, 6.45) is 0. The lowest BCUT2D eigenvalue weighted by Crippen LogP contribution is -2.12. The van der Waals surface area contributed by atoms with Gasteiger partial charge in [0, 0.05) is 10.6 Å². The first kappa shape index (κ1) is 16.3. The van der Waals surface area contributed by atoms with E-state index in [4.69, 9.17) is 32.4 Å². The van der Waals surface area contributed by atoms with Crippen LogP contribution in [0.1, 0.15) is 10.7 Å². The molecule has 0 bridgehead atoms. The lowest BCUT2D eigenvalue weighted by Gasteiger charge is -2.05. The number of nitrogens with zero attached hydrogens (tertiary/aromatic N) is 2. The quantitative estimate of drug-likeness (QED) is 0.747. The van der Waals surface area contributed by atoms with Crippen LogP contribution in [0.4, 0.5) is 5.69 Å². The zero-order chi connectivity index (χ0) is 17.1. The minimum Gasteiger partial charge on any atom is -0.497 e. The van der Waals surface area contributed by atoms with E-state index in [-0.39, 0.29) is 11.8 Å². The Labute approximate surface area is 147 Å². The topological polar surface area (TPSA) is 77.2 Å². The summed E-state index contributed by atoms with van der Waals surface area (Å²) in [6.45, 7) is 0. The molecule has 0 atom stereocenters. The zero-order valence-corrected chi connectivity index (χ0v) is 13.9. The fourth-order valence-electron chi connectivity index (χ4n) is 1.93. The molecule has 0 unspecified atom stereocenters. The molecular formula is C16H11Cl2N3O3. The maximum atomic E-state index is 12.2. The number of ether oxygens (including phenoxy) is 1. The highest BCUT2D eigenvalue weighted by molar-refractivity contribution is 6.35. The summed E-state index contributed by atoms with van der Waals surface area (Å²) < 4.78 is 10.5. The van der Waals surface area contributed by atoms with E-state index in [1.165, 1.54) is 6.07 Å². The van der Waals surface area contributed by atoms with Gasteiger partial charge in [-0.25, -0.2) is 0 Å². The van der Waals surface area contributed by atoms with Gasteiger partial charge in [-0.3, -0.25) is 4.79 Å². The first-order chi connectivity index (χ1) is 11.6. The van der Waals surface area contributed by atoms with Crippen molar-refractivity contribution >= 4 is 34.8 Å². The largest absolute Gasteiger partial charge is 0.497 e. The second kappa shape index (κ2) is 6.90. The van der Waals surface area contributed by atoms with Crippen LogP contribution in [0, 0.1) is 0 Å². The number of aromatic nitrogens is 2. The fraction of sp³-hybridized carbons (Fsp3) is 0.0625. The van der Waals surface area contributed by atoms with Crippen molar-refractivity contribution in [3.8, 4) is 17.2 Å². The molecule has 0 fully saturated rings. The summed E-state index contributed by atoms with van der Waals surface area (Å²) in [6, 6.07) is 11.7. The second-order valence-electron chi connectivity index (χ2n) is 4.72. The van der Waals surface area contributed by atoms with E-state index in [1.807, 2.05) is 0 Å². The number of hydrogen-bond donors (Lipinski definition) is 1. The predicted octanol–water partition coefficient (Wildman–Crippen LogP) is 4.30. The van der Waals surface area contributed by atoms with Crippen molar-refractivity contribution in [2.24, 2.45) is 0 Å². The Bertz CT molecular complexity index is 879. The molecule has 1 aromatic heterocycles. The molecule has 6 nitrogen and oxygen atoms in total. The van der Waals surface area contributed by atoms with E-state index in [0.29, 0.717) is 27.0 Å². The molecular weight excluding hydrogens is 353 g/mol. The Hall–Kier alpha value is -2.57. The van der Waals surface area contributed by atoms with Crippen molar-refractivity contribution < 1.29 is 13.9 Å². The third-order valence-electron chi connectivity index (χ3n) is 3.13. The summed E-state index contributed by atoms with van der Waals surface area (Å²) in [4.78, 5) is 12.2. The van der Waals surface area contributed by atoms with Crippen LogP contribution in [0.15, 0.2) is 46.9 Å². The number of halogens is 2. The molecule has 3 rings (SSSR count). The number of carbonyl (C=O) groups excluding carboxylic acids is 1. The minimum absolute atomic E-state index is 0.183. The normalized spacial score (nSPS) is 10.5. The third kappa shape index (κ3) is 3.50. The van der Waals surface area contributed by atoms with Crippen molar-refractivity contribution in [1.82, 2.24) is 10.2 Å². The lowest BCUT2D eigenvalue weighted by atomic mass is 10.2. The molecule has 8 heteroatoms. The van der Waals surface area contributed by atoms with Crippen LogP contribution >= 0.6 is 23.2 Å². The Morgan fingerprint density at radius 2 is 1.88 bits per heavy atom. The van der Waals surface area contributed by atoms with E-state index in [1.54, 1.807) is 43.5 Å². The van der Waals surface area contributed by atoms with E-state index in [0.717, 1.165) is 0 Å². The maximum absolute atomic E-state index is 12.2. The van der Waals surface area contributed by atoms with Crippen molar-refractivity contribution in [3.05, 3.63) is 58.4 Å². The molecule has 122 valence electrons. The highest BCUT2D eigenvalue weighted by atomic mass is 35.5. The van der Waals surface area contributed by atoms with Crippen LogP contribution in [0.3, 0.4) is 0 Å². The second-order valence-corrected chi connectivity index (χ2v) is 5.56. The molecule has 24 heavy (non-hydrogen) atoms. The van der Waals surface area contributed by atoms with Gasteiger partial charge in [0.1, 0.15) is 5.75 Å².